The number of hydrogen-bond acceptors (Lipinski definition) is 4. The second kappa shape index (κ2) is 5.96. The molecule has 0 aliphatic carbocycles. The van der Waals surface area contributed by atoms with E-state index in [1.165, 1.54) is 7.11 Å². The van der Waals surface area contributed by atoms with Gasteiger partial charge in [-0.25, -0.2) is 0 Å². The van der Waals surface area contributed by atoms with E-state index in [2.05, 4.69) is 0 Å². The molecule has 0 heterocycles. The zero-order valence-corrected chi connectivity index (χ0v) is 12.8. The number of para-hydroxylation sites is 1. The fourth-order valence-electron chi connectivity index (χ4n) is 2.63. The van der Waals surface area contributed by atoms with Crippen molar-refractivity contribution in [3.63, 3.8) is 0 Å². The quantitative estimate of drug-likeness (QED) is 0.528. The van der Waals surface area contributed by atoms with Crippen molar-refractivity contribution >= 4 is 16.5 Å². The van der Waals surface area contributed by atoms with E-state index in [0.717, 1.165) is 22.1 Å². The summed E-state index contributed by atoms with van der Waals surface area (Å²) in [5.41, 5.74) is 1.26. The highest BCUT2D eigenvalue weighted by atomic mass is 16.6. The maximum Gasteiger partial charge on any atom is 0.318 e. The Kier molecular flexibility index (Phi) is 3.85. The minimum absolute atomic E-state index is 0.0303. The summed E-state index contributed by atoms with van der Waals surface area (Å²) in [6, 6.07) is 16.5. The Labute approximate surface area is 133 Å². The maximum atomic E-state index is 11.4. The van der Waals surface area contributed by atoms with Crippen molar-refractivity contribution in [2.24, 2.45) is 0 Å². The molecule has 3 aromatic rings. The van der Waals surface area contributed by atoms with Gasteiger partial charge in [-0.15, -0.1) is 0 Å². The van der Waals surface area contributed by atoms with Gasteiger partial charge in [0.25, 0.3) is 0 Å². The first-order chi connectivity index (χ1) is 11.1. The molecule has 0 aliphatic heterocycles. The van der Waals surface area contributed by atoms with Gasteiger partial charge in [0.2, 0.25) is 0 Å². The normalized spacial score (nSPS) is 10.5. The minimum atomic E-state index is -0.413. The first-order valence-electron chi connectivity index (χ1n) is 7.03. The number of benzene rings is 3. The van der Waals surface area contributed by atoms with Crippen LogP contribution in [0.1, 0.15) is 0 Å². The fraction of sp³-hybridized carbons (Fsp3) is 0.111. The molecule has 0 bridgehead atoms. The van der Waals surface area contributed by atoms with E-state index in [4.69, 9.17) is 9.47 Å². The Morgan fingerprint density at radius 3 is 2.39 bits per heavy atom. The first kappa shape index (κ1) is 14.8. The largest absolute Gasteiger partial charge is 0.497 e. The SMILES string of the molecule is COc1ccc2ccc(-c3cccc(OC)c3[N+](=O)[O-])cc2c1. The van der Waals surface area contributed by atoms with Crippen molar-refractivity contribution in [3.8, 4) is 22.6 Å². The van der Waals surface area contributed by atoms with Crippen LogP contribution in [-0.2, 0) is 0 Å². The molecule has 0 spiro atoms. The highest BCUT2D eigenvalue weighted by Gasteiger charge is 2.21. The molecule has 3 aromatic carbocycles. The number of hydrogen-bond donors (Lipinski definition) is 0. The van der Waals surface area contributed by atoms with Gasteiger partial charge in [-0.2, -0.15) is 0 Å². The molecule has 3 rings (SSSR count). The molecule has 23 heavy (non-hydrogen) atoms. The average molecular weight is 309 g/mol. The summed E-state index contributed by atoms with van der Waals surface area (Å²) in [7, 11) is 3.04. The molecule has 0 aromatic heterocycles. The summed E-state index contributed by atoms with van der Waals surface area (Å²) in [4.78, 5) is 11.0. The van der Waals surface area contributed by atoms with Crippen LogP contribution in [0.25, 0.3) is 21.9 Å². The Morgan fingerprint density at radius 1 is 0.913 bits per heavy atom. The van der Waals surface area contributed by atoms with Crippen molar-refractivity contribution in [3.05, 3.63) is 64.7 Å². The zero-order valence-electron chi connectivity index (χ0n) is 12.8. The molecule has 0 fully saturated rings. The van der Waals surface area contributed by atoms with Gasteiger partial charge in [-0.1, -0.05) is 24.3 Å². The van der Waals surface area contributed by atoms with Gasteiger partial charge in [0.1, 0.15) is 5.75 Å². The van der Waals surface area contributed by atoms with E-state index < -0.39 is 4.92 Å². The first-order valence-corrected chi connectivity index (χ1v) is 7.03. The monoisotopic (exact) mass is 309 g/mol. The second-order valence-corrected chi connectivity index (χ2v) is 5.04. The molecule has 0 saturated carbocycles. The van der Waals surface area contributed by atoms with Gasteiger partial charge in [-0.05, 0) is 46.7 Å². The standard InChI is InChI=1S/C18H15NO4/c1-22-15-9-8-12-6-7-13(10-14(12)11-15)16-4-3-5-17(23-2)18(16)19(20)21/h3-11H,1-2H3. The summed E-state index contributed by atoms with van der Waals surface area (Å²) in [6.07, 6.45) is 0. The average Bonchev–Trinajstić information content (AvgIpc) is 2.59. The molecule has 0 aliphatic rings. The summed E-state index contributed by atoms with van der Waals surface area (Å²) in [5.74, 6) is 0.994. The highest BCUT2D eigenvalue weighted by molar-refractivity contribution is 5.90. The third-order valence-electron chi connectivity index (χ3n) is 3.76. The van der Waals surface area contributed by atoms with Gasteiger partial charge in [-0.3, -0.25) is 10.1 Å². The molecule has 5 heteroatoms. The van der Waals surface area contributed by atoms with E-state index in [9.17, 15) is 10.1 Å². The number of rotatable bonds is 4. The van der Waals surface area contributed by atoms with Crippen LogP contribution >= 0.6 is 0 Å². The lowest BCUT2D eigenvalue weighted by atomic mass is 9.99. The lowest BCUT2D eigenvalue weighted by molar-refractivity contribution is -0.385. The van der Waals surface area contributed by atoms with Crippen LogP contribution in [0.2, 0.25) is 0 Å². The third kappa shape index (κ3) is 2.68. The smallest absolute Gasteiger partial charge is 0.318 e. The van der Waals surface area contributed by atoms with E-state index in [0.29, 0.717) is 5.56 Å². The molecule has 116 valence electrons. The van der Waals surface area contributed by atoms with Crippen LogP contribution in [0.4, 0.5) is 5.69 Å². The Hall–Kier alpha value is -3.08. The van der Waals surface area contributed by atoms with Crippen LogP contribution < -0.4 is 9.47 Å². The van der Waals surface area contributed by atoms with Crippen molar-refractivity contribution in [1.82, 2.24) is 0 Å². The number of nitro benzene ring substituents is 1. The van der Waals surface area contributed by atoms with Crippen molar-refractivity contribution in [2.45, 2.75) is 0 Å². The summed E-state index contributed by atoms with van der Waals surface area (Å²) >= 11 is 0. The molecular formula is C18H15NO4. The predicted octanol–water partition coefficient (Wildman–Crippen LogP) is 4.43. The van der Waals surface area contributed by atoms with Gasteiger partial charge in [0, 0.05) is 0 Å². The fourth-order valence-corrected chi connectivity index (χ4v) is 2.63. The number of nitro groups is 1. The molecule has 5 nitrogen and oxygen atoms in total. The molecule has 0 atom stereocenters. The molecular weight excluding hydrogens is 294 g/mol. The minimum Gasteiger partial charge on any atom is -0.497 e. The van der Waals surface area contributed by atoms with E-state index in [1.807, 2.05) is 36.4 Å². The predicted molar refractivity (Wildman–Crippen MR) is 89.1 cm³/mol. The Morgan fingerprint density at radius 2 is 1.70 bits per heavy atom. The molecule has 0 amide bonds. The van der Waals surface area contributed by atoms with Gasteiger partial charge >= 0.3 is 5.69 Å². The van der Waals surface area contributed by atoms with Crippen molar-refractivity contribution in [1.29, 1.82) is 0 Å². The number of nitrogens with zero attached hydrogens (tertiary/aromatic N) is 1. The van der Waals surface area contributed by atoms with E-state index in [-0.39, 0.29) is 11.4 Å². The van der Waals surface area contributed by atoms with Gasteiger partial charge < -0.3 is 9.47 Å². The second-order valence-electron chi connectivity index (χ2n) is 5.04. The van der Waals surface area contributed by atoms with Crippen LogP contribution in [-0.4, -0.2) is 19.1 Å². The van der Waals surface area contributed by atoms with Crippen LogP contribution in [0, 0.1) is 10.1 Å². The van der Waals surface area contributed by atoms with Gasteiger partial charge in [0.05, 0.1) is 24.7 Å². The van der Waals surface area contributed by atoms with Crippen LogP contribution in [0.5, 0.6) is 11.5 Å². The summed E-state index contributed by atoms with van der Waals surface area (Å²) < 4.78 is 10.4. The van der Waals surface area contributed by atoms with Crippen molar-refractivity contribution in [2.75, 3.05) is 14.2 Å². The summed E-state index contributed by atoms with van der Waals surface area (Å²) in [6.45, 7) is 0. The Bertz CT molecular complexity index is 889. The van der Waals surface area contributed by atoms with E-state index >= 15 is 0 Å². The van der Waals surface area contributed by atoms with E-state index in [1.54, 1.807) is 25.3 Å². The number of fused-ring (bicyclic) bond motifs is 1. The summed E-state index contributed by atoms with van der Waals surface area (Å²) in [5, 5.41) is 13.4. The molecule has 0 saturated heterocycles. The number of ether oxygens (including phenoxy) is 2. The Balaban J connectivity index is 2.22. The maximum absolute atomic E-state index is 11.4. The highest BCUT2D eigenvalue weighted by Crippen LogP contribution is 2.38. The molecule has 0 unspecified atom stereocenters. The lowest BCUT2D eigenvalue weighted by Gasteiger charge is -2.09. The third-order valence-corrected chi connectivity index (χ3v) is 3.76. The van der Waals surface area contributed by atoms with Gasteiger partial charge in [0.15, 0.2) is 5.75 Å². The van der Waals surface area contributed by atoms with Crippen LogP contribution in [0.3, 0.4) is 0 Å². The lowest BCUT2D eigenvalue weighted by Crippen LogP contribution is -1.96. The topological polar surface area (TPSA) is 61.6 Å². The van der Waals surface area contributed by atoms with Crippen LogP contribution in [0.15, 0.2) is 54.6 Å². The molecule has 0 N–H and O–H groups in total. The zero-order chi connectivity index (χ0) is 16.4. The molecule has 0 radical (unpaired) electrons. The van der Waals surface area contributed by atoms with Crippen molar-refractivity contribution < 1.29 is 14.4 Å². The number of methoxy groups -OCH3 is 2.